The fourth-order valence-electron chi connectivity index (χ4n) is 3.32. The lowest BCUT2D eigenvalue weighted by Gasteiger charge is -2.21. The molecule has 0 saturated heterocycles. The van der Waals surface area contributed by atoms with E-state index in [0.717, 1.165) is 28.8 Å². The van der Waals surface area contributed by atoms with E-state index < -0.39 is 0 Å². The van der Waals surface area contributed by atoms with Gasteiger partial charge in [0.05, 0.1) is 0 Å². The molecule has 0 spiro atoms. The minimum atomic E-state index is 0.850. The van der Waals surface area contributed by atoms with E-state index in [1.165, 1.54) is 21.7 Å². The van der Waals surface area contributed by atoms with Gasteiger partial charge in [0.15, 0.2) is 0 Å². The van der Waals surface area contributed by atoms with Crippen molar-refractivity contribution in [1.29, 1.82) is 0 Å². The van der Waals surface area contributed by atoms with Crippen LogP contribution in [0.3, 0.4) is 0 Å². The summed E-state index contributed by atoms with van der Waals surface area (Å²) in [7, 11) is 0. The molecule has 3 aromatic rings. The molecule has 2 heterocycles. The molecule has 2 aliphatic rings. The van der Waals surface area contributed by atoms with Crippen molar-refractivity contribution in [3.05, 3.63) is 70.7 Å². The van der Waals surface area contributed by atoms with Gasteiger partial charge in [-0.25, -0.2) is 0 Å². The molecule has 0 unspecified atom stereocenters. The highest BCUT2D eigenvalue weighted by molar-refractivity contribution is 5.89. The predicted molar refractivity (Wildman–Crippen MR) is 85.1 cm³/mol. The van der Waals surface area contributed by atoms with Crippen LogP contribution in [0.2, 0.25) is 0 Å². The van der Waals surface area contributed by atoms with Crippen LogP contribution in [0, 0.1) is 0 Å². The first kappa shape index (κ1) is 11.0. The average molecular weight is 271 g/mol. The molecular formula is C19H13NO. The third-order valence-electron chi connectivity index (χ3n) is 4.28. The Morgan fingerprint density at radius 1 is 0.905 bits per heavy atom. The number of hydrogen-bond donors (Lipinski definition) is 1. The number of para-hydroxylation sites is 2. The summed E-state index contributed by atoms with van der Waals surface area (Å²) in [6, 6.07) is 16.7. The molecule has 0 fully saturated rings. The second-order valence-corrected chi connectivity index (χ2v) is 5.52. The number of aromatic nitrogens is 1. The molecule has 2 aromatic carbocycles. The van der Waals surface area contributed by atoms with Gasteiger partial charge in [-0.3, -0.25) is 0 Å². The normalized spacial score (nSPS) is 15.4. The summed E-state index contributed by atoms with van der Waals surface area (Å²) in [6.07, 6.45) is 5.23. The van der Waals surface area contributed by atoms with Crippen molar-refractivity contribution in [3.63, 3.8) is 0 Å². The average Bonchev–Trinajstić information content (AvgIpc) is 2.84. The van der Waals surface area contributed by atoms with Crippen LogP contribution in [0.5, 0.6) is 5.75 Å². The third-order valence-corrected chi connectivity index (χ3v) is 4.28. The third kappa shape index (κ3) is 1.47. The SMILES string of the molecule is C1=C2CC(=c3c([nH]c4ccccc34)=C1)Oc1ccccc12. The van der Waals surface area contributed by atoms with Crippen LogP contribution in [-0.2, 0) is 0 Å². The summed E-state index contributed by atoms with van der Waals surface area (Å²) in [5.74, 6) is 2.00. The highest BCUT2D eigenvalue weighted by Crippen LogP contribution is 2.37. The zero-order valence-electron chi connectivity index (χ0n) is 11.4. The highest BCUT2D eigenvalue weighted by Gasteiger charge is 2.21. The Balaban J connectivity index is 1.94. The fraction of sp³-hybridized carbons (Fsp3) is 0.0526. The highest BCUT2D eigenvalue weighted by atomic mass is 16.5. The van der Waals surface area contributed by atoms with Crippen molar-refractivity contribution in [3.8, 4) is 5.75 Å². The Kier molecular flexibility index (Phi) is 2.03. The van der Waals surface area contributed by atoms with Crippen LogP contribution < -0.4 is 15.3 Å². The fourth-order valence-corrected chi connectivity index (χ4v) is 3.32. The molecule has 1 aliphatic heterocycles. The molecule has 1 aromatic heterocycles. The molecule has 2 heteroatoms. The number of rotatable bonds is 0. The van der Waals surface area contributed by atoms with Crippen LogP contribution in [0.15, 0.2) is 54.6 Å². The molecule has 2 bridgehead atoms. The zero-order chi connectivity index (χ0) is 13.8. The Labute approximate surface area is 121 Å². The molecule has 5 rings (SSSR count). The van der Waals surface area contributed by atoms with Gasteiger partial charge in [0.25, 0.3) is 0 Å². The van der Waals surface area contributed by atoms with Crippen molar-refractivity contribution >= 4 is 28.3 Å². The first-order valence-corrected chi connectivity index (χ1v) is 7.18. The minimum absolute atomic E-state index is 0.850. The standard InChI is InChI=1S/C19H13NO/c1-3-7-15-14(6-1)19-16(20-15)10-9-12-11-18(19)21-17-8-4-2-5-13(12)17/h1-10,20H,11H2. The molecule has 2 nitrogen and oxygen atoms in total. The maximum absolute atomic E-state index is 6.21. The van der Waals surface area contributed by atoms with Gasteiger partial charge in [-0.1, -0.05) is 42.5 Å². The molecule has 0 radical (unpaired) electrons. The predicted octanol–water partition coefficient (Wildman–Crippen LogP) is 2.94. The number of hydrogen-bond acceptors (Lipinski definition) is 1. The maximum atomic E-state index is 6.21. The van der Waals surface area contributed by atoms with E-state index in [1.807, 2.05) is 12.1 Å². The van der Waals surface area contributed by atoms with Gasteiger partial charge in [-0.2, -0.15) is 0 Å². The van der Waals surface area contributed by atoms with E-state index in [1.54, 1.807) is 0 Å². The summed E-state index contributed by atoms with van der Waals surface area (Å²) in [4.78, 5) is 3.49. The Morgan fingerprint density at radius 3 is 2.76 bits per heavy atom. The number of ether oxygens (including phenoxy) is 1. The molecule has 0 atom stereocenters. The molecule has 0 amide bonds. The molecule has 0 saturated carbocycles. The quantitative estimate of drug-likeness (QED) is 0.668. The first-order valence-electron chi connectivity index (χ1n) is 7.18. The number of benzene rings is 2. The van der Waals surface area contributed by atoms with Gasteiger partial charge in [-0.05, 0) is 23.8 Å². The zero-order valence-corrected chi connectivity index (χ0v) is 11.4. The van der Waals surface area contributed by atoms with Crippen molar-refractivity contribution in [2.75, 3.05) is 0 Å². The number of allylic oxidation sites excluding steroid dienone is 1. The van der Waals surface area contributed by atoms with Gasteiger partial charge in [0.2, 0.25) is 0 Å². The molecule has 21 heavy (non-hydrogen) atoms. The van der Waals surface area contributed by atoms with Gasteiger partial charge in [-0.15, -0.1) is 0 Å². The van der Waals surface area contributed by atoms with Crippen molar-refractivity contribution < 1.29 is 4.74 Å². The van der Waals surface area contributed by atoms with E-state index in [4.69, 9.17) is 4.74 Å². The second-order valence-electron chi connectivity index (χ2n) is 5.52. The van der Waals surface area contributed by atoms with E-state index in [0.29, 0.717) is 0 Å². The summed E-state index contributed by atoms with van der Waals surface area (Å²) < 4.78 is 6.21. The van der Waals surface area contributed by atoms with Gasteiger partial charge in [0.1, 0.15) is 11.5 Å². The summed E-state index contributed by atoms with van der Waals surface area (Å²) in [5, 5.41) is 3.56. The van der Waals surface area contributed by atoms with Crippen LogP contribution in [0.25, 0.3) is 28.3 Å². The van der Waals surface area contributed by atoms with Crippen molar-refractivity contribution in [1.82, 2.24) is 4.98 Å². The topological polar surface area (TPSA) is 25.0 Å². The summed E-state index contributed by atoms with van der Waals surface area (Å²) >= 11 is 0. The number of nitrogens with one attached hydrogen (secondary N) is 1. The molecule has 1 aliphatic carbocycles. The Morgan fingerprint density at radius 2 is 1.76 bits per heavy atom. The minimum Gasteiger partial charge on any atom is -0.460 e. The van der Waals surface area contributed by atoms with Gasteiger partial charge < -0.3 is 9.72 Å². The van der Waals surface area contributed by atoms with Gasteiger partial charge >= 0.3 is 0 Å². The largest absolute Gasteiger partial charge is 0.460 e. The number of fused-ring (bicyclic) bond motifs is 7. The summed E-state index contributed by atoms with van der Waals surface area (Å²) in [5.41, 5.74) is 3.68. The van der Waals surface area contributed by atoms with Crippen molar-refractivity contribution in [2.45, 2.75) is 6.42 Å². The smallest absolute Gasteiger partial charge is 0.134 e. The van der Waals surface area contributed by atoms with Crippen LogP contribution in [0.4, 0.5) is 0 Å². The van der Waals surface area contributed by atoms with Crippen LogP contribution in [-0.4, -0.2) is 4.98 Å². The van der Waals surface area contributed by atoms with Crippen molar-refractivity contribution in [2.24, 2.45) is 0 Å². The van der Waals surface area contributed by atoms with Crippen LogP contribution in [0.1, 0.15) is 12.0 Å². The summed E-state index contributed by atoms with van der Waals surface area (Å²) in [6.45, 7) is 0. The lowest BCUT2D eigenvalue weighted by Crippen LogP contribution is -2.27. The van der Waals surface area contributed by atoms with E-state index in [9.17, 15) is 0 Å². The van der Waals surface area contributed by atoms with E-state index >= 15 is 0 Å². The number of H-pyrrole nitrogens is 1. The number of aromatic amines is 1. The van der Waals surface area contributed by atoms with Gasteiger partial charge in [0, 0.05) is 33.5 Å². The monoisotopic (exact) mass is 271 g/mol. The molecule has 100 valence electrons. The maximum Gasteiger partial charge on any atom is 0.134 e. The second kappa shape index (κ2) is 3.89. The molecule has 1 N–H and O–H groups in total. The Bertz CT molecular complexity index is 1040. The lowest BCUT2D eigenvalue weighted by molar-refractivity contribution is 0.485. The molecular weight excluding hydrogens is 258 g/mol. The first-order chi connectivity index (χ1) is 10.4. The van der Waals surface area contributed by atoms with Crippen LogP contribution >= 0.6 is 0 Å². The Hall–Kier alpha value is -2.74. The van der Waals surface area contributed by atoms with E-state index in [-0.39, 0.29) is 0 Å². The lowest BCUT2D eigenvalue weighted by atomic mass is 9.98. The van der Waals surface area contributed by atoms with E-state index in [2.05, 4.69) is 53.5 Å².